The number of hydrogen-bond acceptors (Lipinski definition) is 1. The quantitative estimate of drug-likeness (QED) is 0.784. The minimum atomic E-state index is 0.112. The van der Waals surface area contributed by atoms with Crippen molar-refractivity contribution in [2.45, 2.75) is 39.5 Å². The van der Waals surface area contributed by atoms with E-state index < -0.39 is 0 Å². The second kappa shape index (κ2) is 4.63. The number of benzene rings is 1. The highest BCUT2D eigenvalue weighted by atomic mass is 35.5. The molecule has 0 bridgehead atoms. The highest BCUT2D eigenvalue weighted by Crippen LogP contribution is 2.42. The number of rotatable bonds is 2. The molecule has 0 aliphatic heterocycles. The fraction of sp³-hybridized carbons (Fsp3) is 0.500. The molecule has 84 valence electrons. The minimum Gasteiger partial charge on any atom is -0.506 e. The van der Waals surface area contributed by atoms with Gasteiger partial charge in [-0.1, -0.05) is 50.9 Å². The summed E-state index contributed by atoms with van der Waals surface area (Å²) in [4.78, 5) is 0. The van der Waals surface area contributed by atoms with Gasteiger partial charge in [0.25, 0.3) is 0 Å². The van der Waals surface area contributed by atoms with E-state index in [1.54, 1.807) is 6.07 Å². The Hall–Kier alpha value is -0.400. The smallest absolute Gasteiger partial charge is 0.139 e. The van der Waals surface area contributed by atoms with E-state index >= 15 is 0 Å². The lowest BCUT2D eigenvalue weighted by Gasteiger charge is -2.17. The second-order valence-corrected chi connectivity index (χ2v) is 5.12. The Morgan fingerprint density at radius 3 is 2.00 bits per heavy atom. The number of hydrogen-bond donors (Lipinski definition) is 1. The molecule has 0 radical (unpaired) electrons. The van der Waals surface area contributed by atoms with Crippen LogP contribution < -0.4 is 0 Å². The van der Waals surface area contributed by atoms with Crippen LogP contribution in [0.2, 0.25) is 10.0 Å². The van der Waals surface area contributed by atoms with Crippen molar-refractivity contribution in [3.05, 3.63) is 27.2 Å². The second-order valence-electron chi connectivity index (χ2n) is 4.33. The van der Waals surface area contributed by atoms with Crippen LogP contribution in [0.15, 0.2) is 6.07 Å². The number of phenolic OH excluding ortho intramolecular Hbond substituents is 1. The summed E-state index contributed by atoms with van der Waals surface area (Å²) in [7, 11) is 0. The van der Waals surface area contributed by atoms with Crippen molar-refractivity contribution in [2.24, 2.45) is 0 Å². The summed E-state index contributed by atoms with van der Waals surface area (Å²) in [5, 5.41) is 10.9. The van der Waals surface area contributed by atoms with Gasteiger partial charge in [-0.3, -0.25) is 0 Å². The summed E-state index contributed by atoms with van der Waals surface area (Å²) in [5.41, 5.74) is 1.73. The Kier molecular flexibility index (Phi) is 3.91. The van der Waals surface area contributed by atoms with E-state index in [-0.39, 0.29) is 11.7 Å². The largest absolute Gasteiger partial charge is 0.506 e. The minimum absolute atomic E-state index is 0.112. The van der Waals surface area contributed by atoms with Crippen LogP contribution in [0.5, 0.6) is 5.75 Å². The van der Waals surface area contributed by atoms with Crippen LogP contribution >= 0.6 is 23.2 Å². The van der Waals surface area contributed by atoms with Gasteiger partial charge >= 0.3 is 0 Å². The maximum atomic E-state index is 9.84. The molecule has 15 heavy (non-hydrogen) atoms. The molecular weight excluding hydrogens is 231 g/mol. The number of phenols is 1. The van der Waals surface area contributed by atoms with E-state index in [9.17, 15) is 5.11 Å². The summed E-state index contributed by atoms with van der Waals surface area (Å²) >= 11 is 12.2. The van der Waals surface area contributed by atoms with Crippen molar-refractivity contribution >= 4 is 23.2 Å². The first-order valence-corrected chi connectivity index (χ1v) is 5.82. The highest BCUT2D eigenvalue weighted by Gasteiger charge is 2.19. The van der Waals surface area contributed by atoms with Gasteiger partial charge in [0.1, 0.15) is 5.75 Å². The topological polar surface area (TPSA) is 20.2 Å². The molecular formula is C12H16Cl2O. The molecule has 1 N–H and O–H groups in total. The average Bonchev–Trinajstić information content (AvgIpc) is 2.10. The normalized spacial score (nSPS) is 11.5. The Labute approximate surface area is 101 Å². The maximum Gasteiger partial charge on any atom is 0.139 e. The third-order valence-electron chi connectivity index (χ3n) is 2.45. The summed E-state index contributed by atoms with van der Waals surface area (Å²) in [6.45, 7) is 8.08. The first kappa shape index (κ1) is 12.7. The first-order valence-electron chi connectivity index (χ1n) is 5.07. The summed E-state index contributed by atoms with van der Waals surface area (Å²) < 4.78 is 0. The molecule has 1 rings (SSSR count). The molecule has 1 aromatic rings. The van der Waals surface area contributed by atoms with Gasteiger partial charge < -0.3 is 5.11 Å². The van der Waals surface area contributed by atoms with Crippen LogP contribution in [0.25, 0.3) is 0 Å². The summed E-state index contributed by atoms with van der Waals surface area (Å²) in [5.74, 6) is 0.572. The highest BCUT2D eigenvalue weighted by molar-refractivity contribution is 6.35. The molecule has 0 spiro atoms. The van der Waals surface area contributed by atoms with E-state index in [4.69, 9.17) is 23.2 Å². The molecule has 0 aliphatic carbocycles. The third kappa shape index (κ3) is 2.40. The van der Waals surface area contributed by atoms with Crippen LogP contribution in [-0.4, -0.2) is 5.11 Å². The van der Waals surface area contributed by atoms with Gasteiger partial charge in [-0.25, -0.2) is 0 Å². The molecule has 0 saturated heterocycles. The van der Waals surface area contributed by atoms with E-state index in [1.807, 2.05) is 13.8 Å². The number of halogens is 2. The van der Waals surface area contributed by atoms with Crippen LogP contribution in [0.3, 0.4) is 0 Å². The molecule has 0 amide bonds. The van der Waals surface area contributed by atoms with E-state index in [1.165, 1.54) is 0 Å². The lowest BCUT2D eigenvalue weighted by Crippen LogP contribution is -1.97. The molecule has 0 unspecified atom stereocenters. The summed E-state index contributed by atoms with van der Waals surface area (Å²) in [6, 6.07) is 1.75. The fourth-order valence-electron chi connectivity index (χ4n) is 1.60. The van der Waals surface area contributed by atoms with E-state index in [2.05, 4.69) is 13.8 Å². The molecule has 0 fully saturated rings. The predicted molar refractivity (Wildman–Crippen MR) is 66.3 cm³/mol. The Morgan fingerprint density at radius 1 is 1.07 bits per heavy atom. The Balaban J connectivity index is 3.49. The van der Waals surface area contributed by atoms with Crippen molar-refractivity contribution in [3.8, 4) is 5.75 Å². The van der Waals surface area contributed by atoms with Gasteiger partial charge in [-0.2, -0.15) is 0 Å². The lowest BCUT2D eigenvalue weighted by molar-refractivity contribution is 0.464. The average molecular weight is 247 g/mol. The zero-order chi connectivity index (χ0) is 11.7. The van der Waals surface area contributed by atoms with Crippen molar-refractivity contribution < 1.29 is 5.11 Å². The summed E-state index contributed by atoms with van der Waals surface area (Å²) in [6.07, 6.45) is 0. The zero-order valence-corrected chi connectivity index (χ0v) is 10.9. The van der Waals surface area contributed by atoms with Crippen LogP contribution in [0, 0.1) is 0 Å². The fourth-order valence-corrected chi connectivity index (χ4v) is 2.40. The zero-order valence-electron chi connectivity index (χ0n) is 9.44. The van der Waals surface area contributed by atoms with Gasteiger partial charge in [0, 0.05) is 5.56 Å². The maximum absolute atomic E-state index is 9.84. The molecule has 3 heteroatoms. The molecule has 1 aromatic carbocycles. The van der Waals surface area contributed by atoms with Gasteiger partial charge in [0.15, 0.2) is 0 Å². The predicted octanol–water partition coefficient (Wildman–Crippen LogP) is 4.95. The van der Waals surface area contributed by atoms with Gasteiger partial charge in [-0.15, -0.1) is 0 Å². The molecule has 0 saturated carbocycles. The Morgan fingerprint density at radius 2 is 1.60 bits per heavy atom. The SMILES string of the molecule is CC(C)c1cc(Cl)c(O)c(C(C)C)c1Cl. The lowest BCUT2D eigenvalue weighted by atomic mass is 9.94. The monoisotopic (exact) mass is 246 g/mol. The molecule has 0 aliphatic rings. The first-order chi connectivity index (χ1) is 6.86. The third-order valence-corrected chi connectivity index (χ3v) is 3.16. The van der Waals surface area contributed by atoms with Crippen molar-refractivity contribution in [3.63, 3.8) is 0 Å². The molecule has 0 aromatic heterocycles. The Bertz CT molecular complexity index is 370. The van der Waals surface area contributed by atoms with E-state index in [0.29, 0.717) is 16.0 Å². The van der Waals surface area contributed by atoms with Gasteiger partial charge in [-0.05, 0) is 23.5 Å². The van der Waals surface area contributed by atoms with Crippen molar-refractivity contribution in [2.75, 3.05) is 0 Å². The van der Waals surface area contributed by atoms with Crippen LogP contribution in [0.1, 0.15) is 50.7 Å². The molecule has 0 heterocycles. The van der Waals surface area contributed by atoms with Crippen molar-refractivity contribution in [1.29, 1.82) is 0 Å². The van der Waals surface area contributed by atoms with Crippen molar-refractivity contribution in [1.82, 2.24) is 0 Å². The molecule has 1 nitrogen and oxygen atoms in total. The van der Waals surface area contributed by atoms with Crippen LogP contribution in [-0.2, 0) is 0 Å². The van der Waals surface area contributed by atoms with Gasteiger partial charge in [0.2, 0.25) is 0 Å². The standard InChI is InChI=1S/C12H16Cl2O/c1-6(2)8-5-9(13)12(15)10(7(3)4)11(8)14/h5-7,15H,1-4H3. The van der Waals surface area contributed by atoms with Crippen LogP contribution in [0.4, 0.5) is 0 Å². The van der Waals surface area contributed by atoms with Gasteiger partial charge in [0.05, 0.1) is 10.0 Å². The number of aromatic hydroxyl groups is 1. The van der Waals surface area contributed by atoms with E-state index in [0.717, 1.165) is 11.1 Å². The molecule has 0 atom stereocenters.